The summed E-state index contributed by atoms with van der Waals surface area (Å²) in [4.78, 5) is 22.9. The molecule has 1 aromatic carbocycles. The monoisotopic (exact) mass is 382 g/mol. The second-order valence-corrected chi connectivity index (χ2v) is 8.44. The smallest absolute Gasteiger partial charge is 0.306 e. The molecule has 7 nitrogen and oxygen atoms in total. The van der Waals surface area contributed by atoms with Crippen molar-refractivity contribution in [3.63, 3.8) is 0 Å². The van der Waals surface area contributed by atoms with E-state index >= 15 is 0 Å². The molecule has 26 heavy (non-hydrogen) atoms. The van der Waals surface area contributed by atoms with Crippen LogP contribution in [0.4, 0.5) is 0 Å². The molecule has 2 rings (SSSR count). The molecule has 0 atom stereocenters. The predicted octanol–water partition coefficient (Wildman–Crippen LogP) is 1.63. The lowest BCUT2D eigenvalue weighted by atomic mass is 9.80. The number of carboxylic acids is 1. The molecule has 0 heterocycles. The summed E-state index contributed by atoms with van der Waals surface area (Å²) in [6.07, 6.45) is 1.76. The van der Waals surface area contributed by atoms with Crippen molar-refractivity contribution >= 4 is 21.9 Å². The highest BCUT2D eigenvalue weighted by Crippen LogP contribution is 2.27. The molecule has 0 aromatic heterocycles. The number of amides is 1. The average Bonchev–Trinajstić information content (AvgIpc) is 2.56. The average molecular weight is 382 g/mol. The summed E-state index contributed by atoms with van der Waals surface area (Å²) in [5.74, 6) is -1.27. The van der Waals surface area contributed by atoms with Crippen molar-refractivity contribution in [1.29, 1.82) is 0 Å². The molecule has 0 bridgehead atoms. The van der Waals surface area contributed by atoms with Crippen LogP contribution in [0.15, 0.2) is 29.2 Å². The van der Waals surface area contributed by atoms with Crippen LogP contribution >= 0.6 is 0 Å². The molecule has 1 aliphatic carbocycles. The number of carbonyl (C=O) groups excluding carboxylic acids is 1. The number of sulfonamides is 1. The number of nitrogens with zero attached hydrogens (tertiary/aromatic N) is 1. The first-order chi connectivity index (χ1) is 12.3. The molecule has 0 unspecified atom stereocenters. The number of benzene rings is 1. The van der Waals surface area contributed by atoms with Gasteiger partial charge in [0.1, 0.15) is 0 Å². The lowest BCUT2D eigenvalue weighted by molar-refractivity contribution is -0.146. The van der Waals surface area contributed by atoms with Crippen LogP contribution in [0.3, 0.4) is 0 Å². The standard InChI is InChI=1S/C18H26N2O5S/c1-3-20(4-2)26(24,25)16-8-5-13(6-9-16)7-10-17(21)19-15-11-14(12-15)18(22)23/h5-6,8-9,14-15H,3-4,7,10-12H2,1-2H3,(H,19,21)(H,22,23). The number of aliphatic carboxylic acids is 1. The Kier molecular flexibility index (Phi) is 6.77. The zero-order valence-corrected chi connectivity index (χ0v) is 16.0. The molecule has 2 N–H and O–H groups in total. The van der Waals surface area contributed by atoms with E-state index in [0.717, 1.165) is 5.56 Å². The van der Waals surface area contributed by atoms with Crippen molar-refractivity contribution in [1.82, 2.24) is 9.62 Å². The summed E-state index contributed by atoms with van der Waals surface area (Å²) in [6, 6.07) is 6.56. The van der Waals surface area contributed by atoms with Crippen LogP contribution < -0.4 is 5.32 Å². The van der Waals surface area contributed by atoms with Gasteiger partial charge in [0.15, 0.2) is 0 Å². The Hall–Kier alpha value is -1.93. The molecule has 1 aromatic rings. The summed E-state index contributed by atoms with van der Waals surface area (Å²) in [5, 5.41) is 11.7. The van der Waals surface area contributed by atoms with Crippen LogP contribution in [0.5, 0.6) is 0 Å². The molecule has 8 heteroatoms. The summed E-state index contributed by atoms with van der Waals surface area (Å²) in [5.41, 5.74) is 0.885. The van der Waals surface area contributed by atoms with Gasteiger partial charge in [0.05, 0.1) is 10.8 Å². The van der Waals surface area contributed by atoms with Gasteiger partial charge in [0.25, 0.3) is 0 Å². The van der Waals surface area contributed by atoms with Crippen molar-refractivity contribution < 1.29 is 23.1 Å². The maximum Gasteiger partial charge on any atom is 0.306 e. The first-order valence-corrected chi connectivity index (χ1v) is 10.3. The summed E-state index contributed by atoms with van der Waals surface area (Å²) in [7, 11) is -3.47. The third-order valence-corrected chi connectivity index (χ3v) is 6.82. The van der Waals surface area contributed by atoms with E-state index in [1.54, 1.807) is 38.1 Å². The Labute approximate surface area is 154 Å². The minimum absolute atomic E-state index is 0.0508. The lowest BCUT2D eigenvalue weighted by Gasteiger charge is -2.32. The van der Waals surface area contributed by atoms with E-state index in [-0.39, 0.29) is 29.2 Å². The number of rotatable bonds is 9. The minimum Gasteiger partial charge on any atom is -0.481 e. The number of hydrogen-bond acceptors (Lipinski definition) is 4. The van der Waals surface area contributed by atoms with Crippen LogP contribution in [0.2, 0.25) is 0 Å². The predicted molar refractivity (Wildman–Crippen MR) is 97.2 cm³/mol. The van der Waals surface area contributed by atoms with Gasteiger partial charge in [0, 0.05) is 25.6 Å². The fourth-order valence-electron chi connectivity index (χ4n) is 3.04. The quantitative estimate of drug-likeness (QED) is 0.676. The Morgan fingerprint density at radius 2 is 1.73 bits per heavy atom. The van der Waals surface area contributed by atoms with E-state index in [9.17, 15) is 18.0 Å². The summed E-state index contributed by atoms with van der Waals surface area (Å²) < 4.78 is 26.3. The van der Waals surface area contributed by atoms with Crippen LogP contribution in [-0.2, 0) is 26.0 Å². The fourth-order valence-corrected chi connectivity index (χ4v) is 4.49. The molecular weight excluding hydrogens is 356 g/mol. The molecular formula is C18H26N2O5S. The normalized spacial score (nSPS) is 19.8. The van der Waals surface area contributed by atoms with E-state index < -0.39 is 16.0 Å². The molecule has 144 valence electrons. The van der Waals surface area contributed by atoms with Crippen LogP contribution in [0.1, 0.15) is 38.7 Å². The fraction of sp³-hybridized carbons (Fsp3) is 0.556. The van der Waals surface area contributed by atoms with E-state index in [1.165, 1.54) is 4.31 Å². The van der Waals surface area contributed by atoms with Crippen molar-refractivity contribution in [2.24, 2.45) is 5.92 Å². The number of carboxylic acid groups (broad SMARTS) is 1. The van der Waals surface area contributed by atoms with Crippen LogP contribution in [0.25, 0.3) is 0 Å². The second-order valence-electron chi connectivity index (χ2n) is 6.50. The first-order valence-electron chi connectivity index (χ1n) is 8.89. The first kappa shape index (κ1) is 20.4. The maximum absolute atomic E-state index is 12.4. The molecule has 0 aliphatic heterocycles. The highest BCUT2D eigenvalue weighted by atomic mass is 32.2. The minimum atomic E-state index is -3.47. The number of carbonyl (C=O) groups is 2. The number of aryl methyl sites for hydroxylation is 1. The van der Waals surface area contributed by atoms with Gasteiger partial charge in [0.2, 0.25) is 15.9 Å². The van der Waals surface area contributed by atoms with E-state index in [2.05, 4.69) is 5.32 Å². The van der Waals surface area contributed by atoms with E-state index in [4.69, 9.17) is 5.11 Å². The topological polar surface area (TPSA) is 104 Å². The van der Waals surface area contributed by atoms with Gasteiger partial charge < -0.3 is 10.4 Å². The molecule has 0 radical (unpaired) electrons. The van der Waals surface area contributed by atoms with Gasteiger partial charge in [-0.05, 0) is 37.0 Å². The third kappa shape index (κ3) is 4.82. The molecule has 1 aliphatic rings. The highest BCUT2D eigenvalue weighted by molar-refractivity contribution is 7.89. The van der Waals surface area contributed by atoms with Gasteiger partial charge in [-0.1, -0.05) is 26.0 Å². The largest absolute Gasteiger partial charge is 0.481 e. The number of nitrogens with one attached hydrogen (secondary N) is 1. The van der Waals surface area contributed by atoms with E-state index in [0.29, 0.717) is 32.4 Å². The molecule has 0 saturated heterocycles. The number of hydrogen-bond donors (Lipinski definition) is 2. The Morgan fingerprint density at radius 3 is 2.23 bits per heavy atom. The Bertz CT molecular complexity index is 735. The van der Waals surface area contributed by atoms with Crippen molar-refractivity contribution in [3.8, 4) is 0 Å². The SMILES string of the molecule is CCN(CC)S(=O)(=O)c1ccc(CCC(=O)NC2CC(C(=O)O)C2)cc1. The van der Waals surface area contributed by atoms with E-state index in [1.807, 2.05) is 0 Å². The van der Waals surface area contributed by atoms with Crippen LogP contribution in [-0.4, -0.2) is 48.8 Å². The highest BCUT2D eigenvalue weighted by Gasteiger charge is 2.35. The summed E-state index contributed by atoms with van der Waals surface area (Å²) >= 11 is 0. The van der Waals surface area contributed by atoms with Gasteiger partial charge >= 0.3 is 5.97 Å². The Morgan fingerprint density at radius 1 is 1.15 bits per heavy atom. The van der Waals surface area contributed by atoms with Gasteiger partial charge in [-0.25, -0.2) is 8.42 Å². The molecule has 1 fully saturated rings. The van der Waals surface area contributed by atoms with Gasteiger partial charge in [-0.3, -0.25) is 9.59 Å². The molecule has 1 saturated carbocycles. The van der Waals surface area contributed by atoms with Gasteiger partial charge in [-0.15, -0.1) is 0 Å². The maximum atomic E-state index is 12.4. The van der Waals surface area contributed by atoms with Crippen LogP contribution in [0, 0.1) is 5.92 Å². The van der Waals surface area contributed by atoms with Gasteiger partial charge in [-0.2, -0.15) is 4.31 Å². The zero-order chi connectivity index (χ0) is 19.3. The molecule has 1 amide bonds. The third-order valence-electron chi connectivity index (χ3n) is 4.76. The lowest BCUT2D eigenvalue weighted by Crippen LogP contribution is -2.46. The van der Waals surface area contributed by atoms with Crippen molar-refractivity contribution in [3.05, 3.63) is 29.8 Å². The van der Waals surface area contributed by atoms with Crippen molar-refractivity contribution in [2.45, 2.75) is 50.5 Å². The van der Waals surface area contributed by atoms with Crippen molar-refractivity contribution in [2.75, 3.05) is 13.1 Å². The Balaban J connectivity index is 1.84. The second kappa shape index (κ2) is 8.64. The zero-order valence-electron chi connectivity index (χ0n) is 15.1. The summed E-state index contributed by atoms with van der Waals surface area (Å²) in [6.45, 7) is 4.44. The molecule has 0 spiro atoms.